The van der Waals surface area contributed by atoms with Crippen molar-refractivity contribution in [3.63, 3.8) is 0 Å². The number of Topliss-reactive ketones (excluding diaryl/α,β-unsaturated/α-hetero) is 1. The minimum atomic E-state index is -4.15. The van der Waals surface area contributed by atoms with E-state index in [1.165, 1.54) is 19.2 Å². The topological polar surface area (TPSA) is 408 Å². The van der Waals surface area contributed by atoms with Crippen LogP contribution in [0.15, 0.2) is 146 Å². The van der Waals surface area contributed by atoms with E-state index in [4.69, 9.17) is 9.47 Å². The molecule has 1 saturated carbocycles. The second-order valence-electron chi connectivity index (χ2n) is 33.0. The first-order valence-corrected chi connectivity index (χ1v) is 40.7. The van der Waals surface area contributed by atoms with E-state index >= 15 is 24.0 Å². The summed E-state index contributed by atoms with van der Waals surface area (Å²) in [6.45, 7) is 13.5. The van der Waals surface area contributed by atoms with Gasteiger partial charge in [-0.3, -0.25) is 47.9 Å². The number of ketones is 1. The monoisotopic (exact) mass is 1610 g/mol. The molecule has 12 atom stereocenters. The van der Waals surface area contributed by atoms with Crippen LogP contribution in [-0.2, 0) is 96.9 Å². The largest absolute Gasteiger partial charge is 0.487 e. The Labute approximate surface area is 672 Å². The Bertz CT molecular complexity index is 5100. The molecule has 6 aromatic carbocycles. The number of hydrogen-bond acceptors (Lipinski definition) is 20. The van der Waals surface area contributed by atoms with Crippen LogP contribution in [-0.4, -0.2) is 199 Å². The molecule has 2 saturated heterocycles. The number of aromatic nitrogens is 6. The number of rotatable bonds is 16. The SMILES string of the molecule is CN[C@@H](C)C(=O)N[C@H](C(=O)N1C[C@@H]2C[C@H]1C(=O)N[C@@H](Cc1ccc3ccccc3c1)C(=O)C[C@H](C(=O)NS(=O)(=O)C1CC1)Cc1ccc(cc1)OCc1cn(nn1)[C@H]1C[C@@H](C(=O)N[C@@H](Cc3ccc4ccccc4c3)C(=O)N[C@H](C(=O)O)Cc3ccc(cc3)OCc3cn2nn3)N(C(=O)[C@@H](NC(=O)[C@H](C)NC)C(C)(C)C)C1)C(C)(C)C. The Hall–Kier alpha value is -11.5. The van der Waals surface area contributed by atoms with Crippen LogP contribution in [0.1, 0.15) is 133 Å². The highest BCUT2D eigenvalue weighted by Crippen LogP contribution is 2.35. The average Bonchev–Trinajstić information content (AvgIpc) is 1.63. The van der Waals surface area contributed by atoms with Crippen molar-refractivity contribution in [1.82, 2.24) is 81.7 Å². The van der Waals surface area contributed by atoms with Gasteiger partial charge in [-0.25, -0.2) is 22.6 Å². The number of carbonyl (C=O) groups excluding carboxylic acids is 9. The number of carboxylic acids is 1. The summed E-state index contributed by atoms with van der Waals surface area (Å²) in [7, 11) is -0.934. The van der Waals surface area contributed by atoms with Crippen molar-refractivity contribution in [2.45, 2.75) is 198 Å². The summed E-state index contributed by atoms with van der Waals surface area (Å²) >= 11 is 0. The van der Waals surface area contributed by atoms with Gasteiger partial charge in [0.05, 0.1) is 47.9 Å². The van der Waals surface area contributed by atoms with Crippen molar-refractivity contribution in [3.05, 3.63) is 179 Å². The Kier molecular flexibility index (Phi) is 25.8. The van der Waals surface area contributed by atoms with Crippen LogP contribution in [0.3, 0.4) is 0 Å². The van der Waals surface area contributed by atoms with Crippen molar-refractivity contribution in [2.75, 3.05) is 27.2 Å². The standard InChI is InChI=1S/C84H102N16O15S/c1-48(85-9)74(102)90-72(83(3,4)5)80(108)97-44-61-40-69(97)78(106)87-66(37-52-19-25-54-15-11-13-17-56(54)34-52)71(101)39-58(76(104)94-116(112,113)65-31-32-65)33-50-21-27-63(28-22-50)114-46-59-43-100(96-92-59)62-41-70(98(45-62)81(109)73(84(6,7)8)91-75(103)49(2)86-10)79(107)88-67(38-53-20-26-55-16-12-14-18-57(55)35-53)77(105)89-68(82(110)111)36-51-23-29-64(30-24-51)115-47-60-42-99(61)95-93-60/h11-30,34-35,42-43,48-49,58,61-62,65-70,72-73,85-86H,31-33,36-41,44-47H2,1-10H3,(H,87,106)(H,88,107)(H,89,105)(H,90,102)(H,91,103)(H,94,104)(H,110,111)/t48-,49-,58+,61-,62-,66-,67-,68-,69-,70-,72+,73+/m0/s1. The van der Waals surface area contributed by atoms with Crippen molar-refractivity contribution in [3.8, 4) is 11.5 Å². The third kappa shape index (κ3) is 20.6. The van der Waals surface area contributed by atoms with Crippen molar-refractivity contribution < 1.29 is 70.9 Å². The molecule has 12 bridgehead atoms. The maximum Gasteiger partial charge on any atom is 0.326 e. The first kappa shape index (κ1) is 83.9. The van der Waals surface area contributed by atoms with E-state index < -0.39 is 164 Å². The van der Waals surface area contributed by atoms with E-state index in [1.54, 1.807) is 130 Å². The number of nitrogens with one attached hydrogen (secondary N) is 8. The minimum Gasteiger partial charge on any atom is -0.487 e. The van der Waals surface area contributed by atoms with Gasteiger partial charge in [0, 0.05) is 51.1 Å². The van der Waals surface area contributed by atoms with Crippen molar-refractivity contribution in [2.24, 2.45) is 16.7 Å². The number of carboxylic acid groups (broad SMARTS) is 1. The van der Waals surface area contributed by atoms with Gasteiger partial charge in [0.15, 0.2) is 5.78 Å². The minimum absolute atomic E-state index is 0.0560. The summed E-state index contributed by atoms with van der Waals surface area (Å²) in [4.78, 5) is 150. The highest BCUT2D eigenvalue weighted by atomic mass is 32.2. The maximum atomic E-state index is 15.5. The van der Waals surface area contributed by atoms with Gasteiger partial charge in [0.2, 0.25) is 57.3 Å². The van der Waals surface area contributed by atoms with Crippen LogP contribution >= 0.6 is 0 Å². The Morgan fingerprint density at radius 1 is 0.552 bits per heavy atom. The maximum absolute atomic E-state index is 15.5. The smallest absolute Gasteiger partial charge is 0.326 e. The second kappa shape index (κ2) is 35.7. The number of aliphatic carboxylic acids is 1. The first-order chi connectivity index (χ1) is 55.2. The van der Waals surface area contributed by atoms with Gasteiger partial charge < -0.3 is 61.6 Å². The molecular formula is C84H102N16O15S. The van der Waals surface area contributed by atoms with Gasteiger partial charge in [0.1, 0.15) is 72.4 Å². The van der Waals surface area contributed by atoms with E-state index in [1.807, 2.05) is 84.9 Å². The van der Waals surface area contributed by atoms with Crippen molar-refractivity contribution >= 4 is 90.6 Å². The molecule has 0 radical (unpaired) electrons. The number of carbonyl (C=O) groups is 10. The molecule has 3 fully saturated rings. The Balaban J connectivity index is 0.889. The molecule has 15 rings (SSSR count). The average molecular weight is 1610 g/mol. The summed E-state index contributed by atoms with van der Waals surface area (Å²) < 4.78 is 44.9. The van der Waals surface area contributed by atoms with Crippen LogP contribution in [0.25, 0.3) is 21.5 Å². The number of benzene rings is 6. The highest BCUT2D eigenvalue weighted by molar-refractivity contribution is 7.90. The number of nitrogens with zero attached hydrogens (tertiary/aromatic N) is 8. The molecule has 7 aliphatic rings. The van der Waals surface area contributed by atoms with E-state index in [0.717, 1.165) is 21.5 Å². The molecule has 9 N–H and O–H groups in total. The predicted molar refractivity (Wildman–Crippen MR) is 429 cm³/mol. The quantitative estimate of drug-likeness (QED) is 0.0621. The number of fused-ring (bicyclic) bond motifs is 2. The van der Waals surface area contributed by atoms with Gasteiger partial charge in [-0.05, 0) is 133 Å². The van der Waals surface area contributed by atoms with Crippen LogP contribution in [0.5, 0.6) is 11.5 Å². The van der Waals surface area contributed by atoms with Gasteiger partial charge in [-0.1, -0.05) is 161 Å². The third-order valence-corrected chi connectivity index (χ3v) is 23.9. The summed E-state index contributed by atoms with van der Waals surface area (Å²) in [5, 5.41) is 51.5. The normalized spacial score (nSPS) is 22.0. The van der Waals surface area contributed by atoms with Crippen LogP contribution < -0.4 is 51.4 Å². The van der Waals surface area contributed by atoms with Crippen LogP contribution in [0.2, 0.25) is 0 Å². The molecule has 2 aromatic heterocycles. The Morgan fingerprint density at radius 2 is 0.983 bits per heavy atom. The zero-order valence-corrected chi connectivity index (χ0v) is 67.5. The highest BCUT2D eigenvalue weighted by Gasteiger charge is 2.49. The lowest BCUT2D eigenvalue weighted by Gasteiger charge is -2.36. The molecule has 8 amide bonds. The number of ether oxygens (including phenoxy) is 2. The zero-order chi connectivity index (χ0) is 83.1. The number of sulfonamides is 1. The summed E-state index contributed by atoms with van der Waals surface area (Å²) in [6.07, 6.45) is 2.67. The molecular weight excluding hydrogens is 1510 g/mol. The van der Waals surface area contributed by atoms with Gasteiger partial charge in [-0.15, -0.1) is 10.2 Å². The van der Waals surface area contributed by atoms with Crippen LogP contribution in [0, 0.1) is 16.7 Å². The fourth-order valence-corrected chi connectivity index (χ4v) is 16.2. The molecule has 31 nitrogen and oxygen atoms in total. The molecule has 0 spiro atoms. The van der Waals surface area contributed by atoms with E-state index in [0.29, 0.717) is 58.0 Å². The first-order valence-electron chi connectivity index (χ1n) is 39.2. The molecule has 1 aliphatic carbocycles. The van der Waals surface area contributed by atoms with E-state index in [-0.39, 0.29) is 64.8 Å². The van der Waals surface area contributed by atoms with Crippen molar-refractivity contribution in [1.29, 1.82) is 0 Å². The molecule has 116 heavy (non-hydrogen) atoms. The Morgan fingerprint density at radius 3 is 1.41 bits per heavy atom. The molecule has 0 unspecified atom stereocenters. The summed E-state index contributed by atoms with van der Waals surface area (Å²) in [5.74, 6) is -7.98. The number of likely N-dealkylation sites (tertiary alicyclic amines) is 2. The number of hydrogen-bond donors (Lipinski definition) is 9. The fourth-order valence-electron chi connectivity index (χ4n) is 14.8. The summed E-state index contributed by atoms with van der Waals surface area (Å²) in [5.41, 5.74) is 1.11. The fraction of sp³-hybridized carbons (Fsp3) is 0.452. The molecule has 614 valence electrons. The van der Waals surface area contributed by atoms with Gasteiger partial charge in [0.25, 0.3) is 0 Å². The lowest BCUT2D eigenvalue weighted by atomic mass is 9.85. The van der Waals surface area contributed by atoms with E-state index in [2.05, 4.69) is 62.6 Å². The molecule has 6 aliphatic heterocycles. The van der Waals surface area contributed by atoms with E-state index in [9.17, 15) is 37.5 Å². The lowest BCUT2D eigenvalue weighted by Crippen LogP contribution is -2.60. The number of likely N-dealkylation sites (N-methyl/N-ethyl adjacent to an activating group) is 2. The predicted octanol–water partition coefficient (Wildman–Crippen LogP) is 4.90. The van der Waals surface area contributed by atoms with Gasteiger partial charge in [-0.2, -0.15) is 0 Å². The molecule has 8 aromatic rings. The van der Waals surface area contributed by atoms with Crippen LogP contribution in [0.4, 0.5) is 0 Å². The molecule has 8 heterocycles. The summed E-state index contributed by atoms with van der Waals surface area (Å²) in [6, 6.07) is 27.3. The second-order valence-corrected chi connectivity index (χ2v) is 34.9. The third-order valence-electron chi connectivity index (χ3n) is 22.1. The zero-order valence-electron chi connectivity index (χ0n) is 66.7. The molecule has 32 heteroatoms. The lowest BCUT2D eigenvalue weighted by molar-refractivity contribution is -0.145. The van der Waals surface area contributed by atoms with Gasteiger partial charge >= 0.3 is 5.97 Å². The number of amides is 8.